The Hall–Kier alpha value is -3.15. The molecule has 0 radical (unpaired) electrons. The molecule has 3 heterocycles. The molecule has 0 saturated heterocycles. The highest BCUT2D eigenvalue weighted by Crippen LogP contribution is 2.31. The summed E-state index contributed by atoms with van der Waals surface area (Å²) in [4.78, 5) is 0. The van der Waals surface area contributed by atoms with Gasteiger partial charge in [0.2, 0.25) is 0 Å². The van der Waals surface area contributed by atoms with Crippen molar-refractivity contribution < 1.29 is 8.94 Å². The minimum Gasteiger partial charge on any atom is -0.464 e. The third kappa shape index (κ3) is 2.87. The van der Waals surface area contributed by atoms with Crippen molar-refractivity contribution in [3.63, 3.8) is 0 Å². The van der Waals surface area contributed by atoms with Gasteiger partial charge in [0.15, 0.2) is 5.76 Å². The van der Waals surface area contributed by atoms with Crippen LogP contribution in [0.15, 0.2) is 63.9 Å². The molecule has 0 aliphatic carbocycles. The van der Waals surface area contributed by atoms with Gasteiger partial charge in [-0.15, -0.1) is 5.10 Å². The molecule has 0 spiro atoms. The molecule has 6 nitrogen and oxygen atoms in total. The van der Waals surface area contributed by atoms with Crippen LogP contribution in [-0.2, 0) is 6.42 Å². The van der Waals surface area contributed by atoms with E-state index in [0.29, 0.717) is 0 Å². The first kappa shape index (κ1) is 15.4. The number of benzene rings is 1. The van der Waals surface area contributed by atoms with Crippen LogP contribution in [0.4, 0.5) is 0 Å². The molecule has 0 aliphatic heterocycles. The first-order valence-electron chi connectivity index (χ1n) is 8.27. The fourth-order valence-corrected chi connectivity index (χ4v) is 2.76. The highest BCUT2D eigenvalue weighted by molar-refractivity contribution is 5.78. The summed E-state index contributed by atoms with van der Waals surface area (Å²) in [6.07, 6.45) is 4.43. The standard InChI is InChI=1S/C19H18N4O2/c1-3-14-11-19(25-21-14)13(2)23-12-17(20-22-23)15-7-4-5-8-16(15)18-9-6-10-24-18/h4-13H,3H2,1-2H3. The highest BCUT2D eigenvalue weighted by atomic mass is 16.5. The molecule has 4 aromatic rings. The molecule has 1 unspecified atom stereocenters. The van der Waals surface area contributed by atoms with E-state index in [1.165, 1.54) is 0 Å². The van der Waals surface area contributed by atoms with Crippen molar-refractivity contribution in [1.82, 2.24) is 20.2 Å². The average molecular weight is 334 g/mol. The quantitative estimate of drug-likeness (QED) is 0.542. The lowest BCUT2D eigenvalue weighted by Crippen LogP contribution is -2.06. The lowest BCUT2D eigenvalue weighted by molar-refractivity contribution is 0.338. The smallest absolute Gasteiger partial charge is 0.161 e. The third-order valence-corrected chi connectivity index (χ3v) is 4.25. The minimum absolute atomic E-state index is 0.0789. The summed E-state index contributed by atoms with van der Waals surface area (Å²) in [6.45, 7) is 4.06. The maximum Gasteiger partial charge on any atom is 0.161 e. The van der Waals surface area contributed by atoms with Crippen molar-refractivity contribution in [2.24, 2.45) is 0 Å². The number of hydrogen-bond acceptors (Lipinski definition) is 5. The zero-order chi connectivity index (χ0) is 17.2. The van der Waals surface area contributed by atoms with E-state index in [1.54, 1.807) is 10.9 Å². The summed E-state index contributed by atoms with van der Waals surface area (Å²) in [7, 11) is 0. The zero-order valence-corrected chi connectivity index (χ0v) is 14.1. The van der Waals surface area contributed by atoms with Gasteiger partial charge in [0.1, 0.15) is 17.5 Å². The molecule has 0 bridgehead atoms. The van der Waals surface area contributed by atoms with E-state index in [0.717, 1.165) is 40.5 Å². The Kier molecular flexibility index (Phi) is 3.93. The Morgan fingerprint density at radius 3 is 2.68 bits per heavy atom. The largest absolute Gasteiger partial charge is 0.464 e. The van der Waals surface area contributed by atoms with E-state index < -0.39 is 0 Å². The number of aryl methyl sites for hydroxylation is 1. The maximum absolute atomic E-state index is 5.54. The van der Waals surface area contributed by atoms with E-state index in [9.17, 15) is 0 Å². The van der Waals surface area contributed by atoms with Crippen LogP contribution in [0.3, 0.4) is 0 Å². The normalized spacial score (nSPS) is 12.4. The van der Waals surface area contributed by atoms with Crippen molar-refractivity contribution in [3.05, 3.63) is 66.4 Å². The summed E-state index contributed by atoms with van der Waals surface area (Å²) in [6, 6.07) is 13.7. The summed E-state index contributed by atoms with van der Waals surface area (Å²) >= 11 is 0. The second-order valence-electron chi connectivity index (χ2n) is 5.86. The van der Waals surface area contributed by atoms with Gasteiger partial charge in [-0.2, -0.15) is 0 Å². The number of furan rings is 1. The van der Waals surface area contributed by atoms with Crippen molar-refractivity contribution in [2.45, 2.75) is 26.3 Å². The van der Waals surface area contributed by atoms with Crippen LogP contribution >= 0.6 is 0 Å². The third-order valence-electron chi connectivity index (χ3n) is 4.25. The molecule has 0 fully saturated rings. The van der Waals surface area contributed by atoms with E-state index in [2.05, 4.69) is 15.5 Å². The van der Waals surface area contributed by atoms with Gasteiger partial charge in [0.25, 0.3) is 0 Å². The Morgan fingerprint density at radius 1 is 1.12 bits per heavy atom. The summed E-state index contributed by atoms with van der Waals surface area (Å²) in [5, 5.41) is 12.7. The van der Waals surface area contributed by atoms with Gasteiger partial charge >= 0.3 is 0 Å². The Bertz CT molecular complexity index is 969. The van der Waals surface area contributed by atoms with Gasteiger partial charge in [-0.1, -0.05) is 41.6 Å². The highest BCUT2D eigenvalue weighted by Gasteiger charge is 2.18. The van der Waals surface area contributed by atoms with E-state index in [4.69, 9.17) is 8.94 Å². The molecule has 3 aromatic heterocycles. The van der Waals surface area contributed by atoms with Crippen LogP contribution in [-0.4, -0.2) is 20.2 Å². The molecule has 1 atom stereocenters. The second kappa shape index (κ2) is 6.39. The van der Waals surface area contributed by atoms with Crippen LogP contribution in [0.25, 0.3) is 22.6 Å². The van der Waals surface area contributed by atoms with Crippen LogP contribution < -0.4 is 0 Å². The number of rotatable bonds is 5. The lowest BCUT2D eigenvalue weighted by atomic mass is 10.0. The number of nitrogens with zero attached hydrogens (tertiary/aromatic N) is 4. The molecule has 6 heteroatoms. The van der Waals surface area contributed by atoms with Crippen LogP contribution in [0.2, 0.25) is 0 Å². The van der Waals surface area contributed by atoms with Crippen LogP contribution in [0.5, 0.6) is 0 Å². The average Bonchev–Trinajstić information content (AvgIpc) is 3.42. The molecule has 126 valence electrons. The molecular weight excluding hydrogens is 316 g/mol. The summed E-state index contributed by atoms with van der Waals surface area (Å²) < 4.78 is 12.7. The predicted octanol–water partition coefficient (Wildman–Crippen LogP) is 4.36. The van der Waals surface area contributed by atoms with Gasteiger partial charge < -0.3 is 8.94 Å². The molecule has 25 heavy (non-hydrogen) atoms. The molecule has 4 rings (SSSR count). The molecule has 0 aliphatic rings. The first-order valence-corrected chi connectivity index (χ1v) is 8.27. The van der Waals surface area contributed by atoms with Gasteiger partial charge in [0.05, 0.1) is 18.2 Å². The van der Waals surface area contributed by atoms with Crippen molar-refractivity contribution in [2.75, 3.05) is 0 Å². The van der Waals surface area contributed by atoms with Crippen LogP contribution in [0.1, 0.15) is 31.3 Å². The zero-order valence-electron chi connectivity index (χ0n) is 14.1. The minimum atomic E-state index is -0.0789. The summed E-state index contributed by atoms with van der Waals surface area (Å²) in [5.41, 5.74) is 3.68. The van der Waals surface area contributed by atoms with Crippen molar-refractivity contribution >= 4 is 0 Å². The van der Waals surface area contributed by atoms with E-state index in [1.807, 2.05) is 62.5 Å². The second-order valence-corrected chi connectivity index (χ2v) is 5.86. The van der Waals surface area contributed by atoms with Gasteiger partial charge in [-0.3, -0.25) is 0 Å². The molecule has 0 amide bonds. The fraction of sp³-hybridized carbons (Fsp3) is 0.211. The van der Waals surface area contributed by atoms with E-state index >= 15 is 0 Å². The Balaban J connectivity index is 1.68. The van der Waals surface area contributed by atoms with Crippen LogP contribution in [0, 0.1) is 0 Å². The number of hydrogen-bond donors (Lipinski definition) is 0. The van der Waals surface area contributed by atoms with Gasteiger partial charge in [0, 0.05) is 17.2 Å². The van der Waals surface area contributed by atoms with Gasteiger partial charge in [-0.05, 0) is 25.5 Å². The predicted molar refractivity (Wildman–Crippen MR) is 92.9 cm³/mol. The Morgan fingerprint density at radius 2 is 1.96 bits per heavy atom. The molecular formula is C19H18N4O2. The first-order chi connectivity index (χ1) is 12.3. The fourth-order valence-electron chi connectivity index (χ4n) is 2.76. The van der Waals surface area contributed by atoms with E-state index in [-0.39, 0.29) is 6.04 Å². The van der Waals surface area contributed by atoms with Gasteiger partial charge in [-0.25, -0.2) is 4.68 Å². The topological polar surface area (TPSA) is 69.9 Å². The SMILES string of the molecule is CCc1cc(C(C)n2cc(-c3ccccc3-c3ccco3)nn2)on1. The van der Waals surface area contributed by atoms with Crippen molar-refractivity contribution in [1.29, 1.82) is 0 Å². The monoisotopic (exact) mass is 334 g/mol. The lowest BCUT2D eigenvalue weighted by Gasteiger charge is -2.06. The Labute approximate surface area is 145 Å². The number of aromatic nitrogens is 4. The maximum atomic E-state index is 5.54. The molecule has 0 N–H and O–H groups in total. The molecule has 1 aromatic carbocycles. The summed E-state index contributed by atoms with van der Waals surface area (Å²) in [5.74, 6) is 1.58. The molecule has 0 saturated carbocycles. The van der Waals surface area contributed by atoms with Crippen molar-refractivity contribution in [3.8, 4) is 22.6 Å².